The van der Waals surface area contributed by atoms with Crippen LogP contribution in [-0.2, 0) is 0 Å². The zero-order valence-electron chi connectivity index (χ0n) is 13.3. The molecule has 1 aliphatic rings. The van der Waals surface area contributed by atoms with E-state index < -0.39 is 0 Å². The Bertz CT molecular complexity index is 673. The molecule has 1 saturated heterocycles. The molecule has 0 spiro atoms. The molecule has 0 aliphatic carbocycles. The molecule has 0 radical (unpaired) electrons. The van der Waals surface area contributed by atoms with Gasteiger partial charge in [0.05, 0.1) is 18.0 Å². The van der Waals surface area contributed by atoms with Crippen LogP contribution >= 0.6 is 11.3 Å². The Hall–Kier alpha value is -1.81. The number of benzene rings is 1. The molecule has 2 aromatic rings. The van der Waals surface area contributed by atoms with Gasteiger partial charge in [-0.2, -0.15) is 0 Å². The van der Waals surface area contributed by atoms with Crippen LogP contribution in [0, 0.1) is 13.8 Å². The van der Waals surface area contributed by atoms with Gasteiger partial charge < -0.3 is 9.64 Å². The number of nitrogens with zero attached hydrogens (tertiary/aromatic N) is 1. The van der Waals surface area contributed by atoms with E-state index in [1.165, 1.54) is 10.4 Å². The molecule has 2 heterocycles. The highest BCUT2D eigenvalue weighted by molar-refractivity contribution is 7.14. The molecule has 0 N–H and O–H groups in total. The maximum Gasteiger partial charge on any atom is 0.264 e. The summed E-state index contributed by atoms with van der Waals surface area (Å²) in [6, 6.07) is 10.2. The van der Waals surface area contributed by atoms with E-state index in [1.54, 1.807) is 18.4 Å². The molecule has 1 aliphatic heterocycles. The SMILES string of the molecule is COc1cccc(C2CCCN2C(=O)c2cc(C)c(C)s2)c1. The van der Waals surface area contributed by atoms with Gasteiger partial charge in [0.15, 0.2) is 0 Å². The van der Waals surface area contributed by atoms with Crippen LogP contribution < -0.4 is 4.74 Å². The number of thiophene rings is 1. The molecule has 3 nitrogen and oxygen atoms in total. The molecule has 1 amide bonds. The maximum atomic E-state index is 12.9. The van der Waals surface area contributed by atoms with Crippen LogP contribution in [0.4, 0.5) is 0 Å². The first kappa shape index (κ1) is 15.1. The number of hydrogen-bond donors (Lipinski definition) is 0. The first-order valence-electron chi connectivity index (χ1n) is 7.62. The highest BCUT2D eigenvalue weighted by atomic mass is 32.1. The zero-order chi connectivity index (χ0) is 15.7. The van der Waals surface area contributed by atoms with Gasteiger partial charge in [-0.05, 0) is 56.0 Å². The zero-order valence-corrected chi connectivity index (χ0v) is 14.1. The van der Waals surface area contributed by atoms with Gasteiger partial charge in [0, 0.05) is 11.4 Å². The van der Waals surface area contributed by atoms with Crippen LogP contribution in [0.2, 0.25) is 0 Å². The third kappa shape index (κ3) is 2.75. The smallest absolute Gasteiger partial charge is 0.264 e. The first-order valence-corrected chi connectivity index (χ1v) is 8.43. The molecule has 4 heteroatoms. The summed E-state index contributed by atoms with van der Waals surface area (Å²) < 4.78 is 5.31. The molecular weight excluding hydrogens is 294 g/mol. The van der Waals surface area contributed by atoms with Gasteiger partial charge in [-0.15, -0.1) is 11.3 Å². The van der Waals surface area contributed by atoms with Crippen molar-refractivity contribution in [3.05, 3.63) is 51.2 Å². The number of amides is 1. The number of hydrogen-bond acceptors (Lipinski definition) is 3. The molecule has 1 aromatic heterocycles. The van der Waals surface area contributed by atoms with Crippen molar-refractivity contribution in [2.75, 3.05) is 13.7 Å². The fourth-order valence-corrected chi connectivity index (χ4v) is 4.02. The Balaban J connectivity index is 1.87. The van der Waals surface area contributed by atoms with Crippen LogP contribution in [0.3, 0.4) is 0 Å². The highest BCUT2D eigenvalue weighted by Crippen LogP contribution is 2.35. The molecule has 3 rings (SSSR count). The van der Waals surface area contributed by atoms with Crippen molar-refractivity contribution in [2.24, 2.45) is 0 Å². The highest BCUT2D eigenvalue weighted by Gasteiger charge is 2.31. The molecule has 1 aromatic carbocycles. The minimum absolute atomic E-state index is 0.158. The Morgan fingerprint density at radius 3 is 2.82 bits per heavy atom. The predicted molar refractivity (Wildman–Crippen MR) is 89.8 cm³/mol. The normalized spacial score (nSPS) is 17.8. The lowest BCUT2D eigenvalue weighted by Gasteiger charge is -2.25. The fraction of sp³-hybridized carbons (Fsp3) is 0.389. The van der Waals surface area contributed by atoms with E-state index in [1.807, 2.05) is 29.2 Å². The lowest BCUT2D eigenvalue weighted by atomic mass is 10.0. The molecule has 0 saturated carbocycles. The number of carbonyl (C=O) groups is 1. The first-order chi connectivity index (χ1) is 10.6. The average molecular weight is 315 g/mol. The van der Waals surface area contributed by atoms with Crippen LogP contribution in [0.5, 0.6) is 5.75 Å². The van der Waals surface area contributed by atoms with E-state index in [-0.39, 0.29) is 11.9 Å². The number of rotatable bonds is 3. The Morgan fingerprint density at radius 1 is 1.32 bits per heavy atom. The van der Waals surface area contributed by atoms with Gasteiger partial charge in [-0.1, -0.05) is 12.1 Å². The molecule has 22 heavy (non-hydrogen) atoms. The summed E-state index contributed by atoms with van der Waals surface area (Å²) in [7, 11) is 1.67. The predicted octanol–water partition coefficient (Wildman–Crippen LogP) is 4.35. The monoisotopic (exact) mass is 315 g/mol. The molecular formula is C18H21NO2S. The summed E-state index contributed by atoms with van der Waals surface area (Å²) >= 11 is 1.60. The molecule has 1 fully saturated rings. The van der Waals surface area contributed by atoms with Gasteiger partial charge in [0.2, 0.25) is 0 Å². The van der Waals surface area contributed by atoms with Crippen LogP contribution in [0.25, 0.3) is 0 Å². The van der Waals surface area contributed by atoms with Crippen molar-refractivity contribution >= 4 is 17.2 Å². The van der Waals surface area contributed by atoms with Gasteiger partial charge in [-0.25, -0.2) is 0 Å². The van der Waals surface area contributed by atoms with Crippen LogP contribution in [0.1, 0.15) is 44.6 Å². The van der Waals surface area contributed by atoms with Crippen molar-refractivity contribution in [3.63, 3.8) is 0 Å². The van der Waals surface area contributed by atoms with E-state index in [9.17, 15) is 4.79 Å². The van der Waals surface area contributed by atoms with E-state index in [4.69, 9.17) is 4.74 Å². The lowest BCUT2D eigenvalue weighted by Crippen LogP contribution is -2.29. The Labute approximate surface area is 135 Å². The van der Waals surface area contributed by atoms with Gasteiger partial charge in [0.1, 0.15) is 5.75 Å². The largest absolute Gasteiger partial charge is 0.497 e. The molecule has 116 valence electrons. The summed E-state index contributed by atoms with van der Waals surface area (Å²) in [5.74, 6) is 1.01. The second-order valence-corrected chi connectivity index (χ2v) is 7.04. The topological polar surface area (TPSA) is 29.5 Å². The second-order valence-electron chi connectivity index (χ2n) is 5.78. The molecule has 0 bridgehead atoms. The number of ether oxygens (including phenoxy) is 1. The van der Waals surface area contributed by atoms with E-state index in [0.717, 1.165) is 35.6 Å². The third-order valence-corrected chi connectivity index (χ3v) is 5.51. The summed E-state index contributed by atoms with van der Waals surface area (Å²) in [5, 5.41) is 0. The van der Waals surface area contributed by atoms with Gasteiger partial charge >= 0.3 is 0 Å². The van der Waals surface area contributed by atoms with Crippen molar-refractivity contribution in [1.29, 1.82) is 0 Å². The van der Waals surface area contributed by atoms with Crippen molar-refractivity contribution in [1.82, 2.24) is 4.90 Å². The summed E-state index contributed by atoms with van der Waals surface area (Å²) in [5.41, 5.74) is 2.36. The van der Waals surface area contributed by atoms with E-state index in [2.05, 4.69) is 19.9 Å². The standard InChI is InChI=1S/C18H21NO2S/c1-12-10-17(22-13(12)2)18(20)19-9-5-8-16(19)14-6-4-7-15(11-14)21-3/h4,6-7,10-11,16H,5,8-9H2,1-3H3. The quantitative estimate of drug-likeness (QED) is 0.842. The molecule has 1 atom stereocenters. The van der Waals surface area contributed by atoms with E-state index in [0.29, 0.717) is 0 Å². The second kappa shape index (κ2) is 6.13. The molecule has 1 unspecified atom stereocenters. The number of likely N-dealkylation sites (tertiary alicyclic amines) is 1. The van der Waals surface area contributed by atoms with Crippen molar-refractivity contribution in [3.8, 4) is 5.75 Å². The number of carbonyl (C=O) groups excluding carboxylic acids is 1. The summed E-state index contributed by atoms with van der Waals surface area (Å²) in [4.78, 5) is 16.9. The number of methoxy groups -OCH3 is 1. The van der Waals surface area contributed by atoms with E-state index >= 15 is 0 Å². The van der Waals surface area contributed by atoms with Gasteiger partial charge in [0.25, 0.3) is 5.91 Å². The van der Waals surface area contributed by atoms with Gasteiger partial charge in [-0.3, -0.25) is 4.79 Å². The minimum Gasteiger partial charge on any atom is -0.497 e. The third-order valence-electron chi connectivity index (χ3n) is 4.37. The Morgan fingerprint density at radius 2 is 2.14 bits per heavy atom. The van der Waals surface area contributed by atoms with Crippen molar-refractivity contribution < 1.29 is 9.53 Å². The Kier molecular flexibility index (Phi) is 4.21. The summed E-state index contributed by atoms with van der Waals surface area (Å²) in [6.45, 7) is 4.96. The number of aryl methyl sites for hydroxylation is 2. The minimum atomic E-state index is 0.158. The van der Waals surface area contributed by atoms with Crippen molar-refractivity contribution in [2.45, 2.75) is 32.7 Å². The fourth-order valence-electron chi connectivity index (χ4n) is 3.03. The lowest BCUT2D eigenvalue weighted by molar-refractivity contribution is 0.0740. The average Bonchev–Trinajstić information content (AvgIpc) is 3.14. The summed E-state index contributed by atoms with van der Waals surface area (Å²) in [6.07, 6.45) is 2.07. The van der Waals surface area contributed by atoms with Crippen LogP contribution in [-0.4, -0.2) is 24.5 Å². The maximum absolute atomic E-state index is 12.9. The van der Waals surface area contributed by atoms with Crippen LogP contribution in [0.15, 0.2) is 30.3 Å².